The quantitative estimate of drug-likeness (QED) is 0.696. The summed E-state index contributed by atoms with van der Waals surface area (Å²) in [5.74, 6) is 0.465. The maximum atomic E-state index is 12.3. The van der Waals surface area contributed by atoms with Gasteiger partial charge in [0, 0.05) is 5.56 Å². The first-order valence-corrected chi connectivity index (χ1v) is 8.05. The van der Waals surface area contributed by atoms with Crippen molar-refractivity contribution in [1.82, 2.24) is 0 Å². The zero-order chi connectivity index (χ0) is 17.5. The number of methoxy groups -OCH3 is 1. The average molecular weight is 390 g/mol. The lowest BCUT2D eigenvalue weighted by Gasteiger charge is -2.13. The predicted molar refractivity (Wildman–Crippen MR) is 92.1 cm³/mol. The van der Waals surface area contributed by atoms with Crippen LogP contribution in [-0.4, -0.2) is 19.7 Å². The lowest BCUT2D eigenvalue weighted by Crippen LogP contribution is -2.07. The summed E-state index contributed by atoms with van der Waals surface area (Å²) in [5, 5.41) is 9.06. The second-order valence-electron chi connectivity index (χ2n) is 4.77. The van der Waals surface area contributed by atoms with Gasteiger partial charge in [-0.3, -0.25) is 0 Å². The van der Waals surface area contributed by atoms with Crippen LogP contribution >= 0.6 is 15.9 Å². The maximum Gasteiger partial charge on any atom is 0.338 e. The number of hydrogen-bond acceptors (Lipinski definition) is 5. The summed E-state index contributed by atoms with van der Waals surface area (Å²) in [6.45, 7) is 2.36. The number of benzene rings is 2. The molecule has 0 fully saturated rings. The van der Waals surface area contributed by atoms with Gasteiger partial charge in [0.05, 0.1) is 35.4 Å². The molecular formula is C18H16BrNO4. The first-order chi connectivity index (χ1) is 11.6. The van der Waals surface area contributed by atoms with E-state index in [-0.39, 0.29) is 6.61 Å². The van der Waals surface area contributed by atoms with E-state index in [1.807, 2.05) is 6.92 Å². The third-order valence-electron chi connectivity index (χ3n) is 3.25. The molecule has 0 radical (unpaired) electrons. The lowest BCUT2D eigenvalue weighted by atomic mass is 10.1. The van der Waals surface area contributed by atoms with Crippen molar-refractivity contribution >= 4 is 21.9 Å². The Balaban J connectivity index is 2.18. The van der Waals surface area contributed by atoms with E-state index in [0.29, 0.717) is 39.3 Å². The summed E-state index contributed by atoms with van der Waals surface area (Å²) in [6, 6.07) is 12.2. The van der Waals surface area contributed by atoms with Crippen LogP contribution in [0.2, 0.25) is 0 Å². The number of carbonyl (C=O) groups excluding carboxylic acids is 1. The summed E-state index contributed by atoms with van der Waals surface area (Å²) in [4.78, 5) is 12.3. The van der Waals surface area contributed by atoms with Crippen molar-refractivity contribution in [1.29, 1.82) is 5.26 Å². The molecular weight excluding hydrogens is 374 g/mol. The molecule has 24 heavy (non-hydrogen) atoms. The molecule has 124 valence electrons. The van der Waals surface area contributed by atoms with E-state index >= 15 is 0 Å². The summed E-state index contributed by atoms with van der Waals surface area (Å²) in [6.07, 6.45) is 0. The van der Waals surface area contributed by atoms with Gasteiger partial charge in [-0.2, -0.15) is 5.26 Å². The molecule has 5 nitrogen and oxygen atoms in total. The van der Waals surface area contributed by atoms with Crippen molar-refractivity contribution in [2.45, 2.75) is 13.5 Å². The maximum absolute atomic E-state index is 12.3. The Labute approximate surface area is 148 Å². The Morgan fingerprint density at radius 1 is 1.29 bits per heavy atom. The van der Waals surface area contributed by atoms with Gasteiger partial charge in [-0.1, -0.05) is 18.2 Å². The molecule has 0 saturated heterocycles. The van der Waals surface area contributed by atoms with Crippen LogP contribution < -0.4 is 9.47 Å². The highest BCUT2D eigenvalue weighted by atomic mass is 79.9. The number of rotatable bonds is 6. The molecule has 0 saturated carbocycles. The van der Waals surface area contributed by atoms with Gasteiger partial charge in [0.15, 0.2) is 11.5 Å². The number of esters is 1. The topological polar surface area (TPSA) is 68.5 Å². The van der Waals surface area contributed by atoms with Gasteiger partial charge in [-0.15, -0.1) is 0 Å². The summed E-state index contributed by atoms with van der Waals surface area (Å²) in [5.41, 5.74) is 1.47. The monoisotopic (exact) mass is 389 g/mol. The fourth-order valence-electron chi connectivity index (χ4n) is 2.10. The summed E-state index contributed by atoms with van der Waals surface area (Å²) >= 11 is 3.37. The number of carbonyl (C=O) groups is 1. The summed E-state index contributed by atoms with van der Waals surface area (Å²) in [7, 11) is 1.50. The minimum Gasteiger partial charge on any atom is -0.493 e. The average Bonchev–Trinajstić information content (AvgIpc) is 2.61. The van der Waals surface area contributed by atoms with E-state index in [4.69, 9.17) is 19.5 Å². The number of ether oxygens (including phenoxy) is 3. The van der Waals surface area contributed by atoms with Crippen LogP contribution in [0.15, 0.2) is 40.9 Å². The molecule has 0 aliphatic heterocycles. The van der Waals surface area contributed by atoms with Crippen LogP contribution in [0.1, 0.15) is 28.4 Å². The zero-order valence-corrected chi connectivity index (χ0v) is 14.9. The van der Waals surface area contributed by atoms with E-state index in [9.17, 15) is 4.79 Å². The smallest absolute Gasteiger partial charge is 0.338 e. The van der Waals surface area contributed by atoms with Crippen molar-refractivity contribution in [3.05, 3.63) is 57.6 Å². The van der Waals surface area contributed by atoms with Crippen molar-refractivity contribution in [2.75, 3.05) is 13.7 Å². The third-order valence-corrected chi connectivity index (χ3v) is 3.84. The molecule has 0 heterocycles. The molecule has 0 N–H and O–H groups in total. The van der Waals surface area contributed by atoms with E-state index in [1.165, 1.54) is 7.11 Å². The normalized spacial score (nSPS) is 9.92. The van der Waals surface area contributed by atoms with Crippen molar-refractivity contribution in [2.24, 2.45) is 0 Å². The Hall–Kier alpha value is -2.52. The number of nitriles is 1. The first kappa shape index (κ1) is 17.8. The molecule has 0 spiro atoms. The molecule has 0 aliphatic rings. The van der Waals surface area contributed by atoms with Crippen molar-refractivity contribution in [3.63, 3.8) is 0 Å². The van der Waals surface area contributed by atoms with Crippen molar-refractivity contribution < 1.29 is 19.0 Å². The van der Waals surface area contributed by atoms with Gasteiger partial charge >= 0.3 is 5.97 Å². The fraction of sp³-hybridized carbons (Fsp3) is 0.222. The van der Waals surface area contributed by atoms with E-state index in [0.717, 1.165) is 0 Å². The van der Waals surface area contributed by atoms with Crippen LogP contribution in [0, 0.1) is 11.3 Å². The largest absolute Gasteiger partial charge is 0.493 e. The minimum absolute atomic E-state index is 0.0235. The molecule has 0 unspecified atom stereocenters. The lowest BCUT2D eigenvalue weighted by molar-refractivity contribution is 0.0472. The van der Waals surface area contributed by atoms with Gasteiger partial charge in [0.2, 0.25) is 0 Å². The molecule has 0 amide bonds. The van der Waals surface area contributed by atoms with Crippen LogP contribution in [0.4, 0.5) is 0 Å². The molecule has 0 bridgehead atoms. The molecule has 2 aromatic rings. The van der Waals surface area contributed by atoms with E-state index in [1.54, 1.807) is 36.4 Å². The van der Waals surface area contributed by atoms with Gasteiger partial charge in [-0.25, -0.2) is 4.79 Å². The van der Waals surface area contributed by atoms with Gasteiger partial charge in [-0.05, 0) is 41.1 Å². The van der Waals surface area contributed by atoms with E-state index < -0.39 is 5.97 Å². The SMILES string of the molecule is CCOc1c(Br)cc(C(=O)OCc2ccccc2C#N)cc1OC. The van der Waals surface area contributed by atoms with Crippen LogP contribution in [0.3, 0.4) is 0 Å². The number of halogens is 1. The Bertz CT molecular complexity index is 783. The van der Waals surface area contributed by atoms with Gasteiger partial charge in [0.1, 0.15) is 6.61 Å². The fourth-order valence-corrected chi connectivity index (χ4v) is 2.66. The molecule has 0 aromatic heterocycles. The molecule has 6 heteroatoms. The highest BCUT2D eigenvalue weighted by molar-refractivity contribution is 9.10. The predicted octanol–water partition coefficient (Wildman–Crippen LogP) is 4.09. The zero-order valence-electron chi connectivity index (χ0n) is 13.3. The third kappa shape index (κ3) is 4.06. The Morgan fingerprint density at radius 2 is 2.04 bits per heavy atom. The van der Waals surface area contributed by atoms with Gasteiger partial charge in [0.25, 0.3) is 0 Å². The first-order valence-electron chi connectivity index (χ1n) is 7.26. The molecule has 0 atom stereocenters. The Kier molecular flexibility index (Phi) is 6.21. The van der Waals surface area contributed by atoms with Gasteiger partial charge < -0.3 is 14.2 Å². The number of nitrogens with zero attached hydrogens (tertiary/aromatic N) is 1. The van der Waals surface area contributed by atoms with E-state index in [2.05, 4.69) is 22.0 Å². The Morgan fingerprint density at radius 3 is 2.71 bits per heavy atom. The second-order valence-corrected chi connectivity index (χ2v) is 5.62. The second kappa shape index (κ2) is 8.37. The highest BCUT2D eigenvalue weighted by Gasteiger charge is 2.16. The molecule has 0 aliphatic carbocycles. The molecule has 2 rings (SSSR count). The van der Waals surface area contributed by atoms with Crippen LogP contribution in [-0.2, 0) is 11.3 Å². The standard InChI is InChI=1S/C18H16BrNO4/c1-3-23-17-15(19)8-14(9-16(17)22-2)18(21)24-11-13-7-5-4-6-12(13)10-20/h4-9H,3,11H2,1-2H3. The number of hydrogen-bond donors (Lipinski definition) is 0. The summed E-state index contributed by atoms with van der Waals surface area (Å²) < 4.78 is 16.7. The van der Waals surface area contributed by atoms with Crippen LogP contribution in [0.25, 0.3) is 0 Å². The van der Waals surface area contributed by atoms with Crippen LogP contribution in [0.5, 0.6) is 11.5 Å². The molecule has 2 aromatic carbocycles. The minimum atomic E-state index is -0.509. The van der Waals surface area contributed by atoms with Crippen molar-refractivity contribution in [3.8, 4) is 17.6 Å². The highest BCUT2D eigenvalue weighted by Crippen LogP contribution is 2.36.